The Bertz CT molecular complexity index is 613. The first-order valence-corrected chi connectivity index (χ1v) is 9.01. The van der Waals surface area contributed by atoms with Crippen LogP contribution in [0.15, 0.2) is 18.2 Å². The van der Waals surface area contributed by atoms with Crippen LogP contribution in [-0.2, 0) is 17.7 Å². The number of rotatable bonds is 6. The van der Waals surface area contributed by atoms with Crippen molar-refractivity contribution in [2.24, 2.45) is 5.92 Å². The molecule has 1 fully saturated rings. The third kappa shape index (κ3) is 4.61. The summed E-state index contributed by atoms with van der Waals surface area (Å²) in [5.41, 5.74) is 2.23. The molecule has 2 aliphatic rings. The molecule has 0 spiro atoms. The van der Waals surface area contributed by atoms with Crippen molar-refractivity contribution in [1.82, 2.24) is 4.90 Å². The van der Waals surface area contributed by atoms with Crippen molar-refractivity contribution in [2.45, 2.75) is 51.5 Å². The summed E-state index contributed by atoms with van der Waals surface area (Å²) in [4.78, 5) is 13.8. The maximum absolute atomic E-state index is 12.9. The maximum Gasteiger partial charge on any atom is 0.410 e. The molecule has 0 radical (unpaired) electrons. The highest BCUT2D eigenvalue weighted by atomic mass is 19.3. The molecule has 1 aliphatic heterocycles. The molecule has 25 heavy (non-hydrogen) atoms. The van der Waals surface area contributed by atoms with Gasteiger partial charge >= 0.3 is 6.09 Å². The maximum atomic E-state index is 12.9. The van der Waals surface area contributed by atoms with Crippen LogP contribution in [0, 0.1) is 5.92 Å². The number of halogens is 2. The van der Waals surface area contributed by atoms with Crippen molar-refractivity contribution >= 4 is 6.09 Å². The van der Waals surface area contributed by atoms with E-state index in [-0.39, 0.29) is 24.9 Å². The fourth-order valence-electron chi connectivity index (χ4n) is 3.29. The van der Waals surface area contributed by atoms with Gasteiger partial charge in [0.1, 0.15) is 5.75 Å². The van der Waals surface area contributed by atoms with Crippen molar-refractivity contribution in [3.8, 4) is 5.75 Å². The number of benzene rings is 1. The number of ether oxygens (including phenoxy) is 2. The molecule has 0 aromatic heterocycles. The summed E-state index contributed by atoms with van der Waals surface area (Å²) in [6.45, 7) is 3.97. The lowest BCUT2D eigenvalue weighted by atomic mass is 9.82. The zero-order valence-electron chi connectivity index (χ0n) is 14.6. The van der Waals surface area contributed by atoms with Crippen LogP contribution in [0.5, 0.6) is 5.75 Å². The van der Waals surface area contributed by atoms with Crippen molar-refractivity contribution in [2.75, 3.05) is 19.8 Å². The number of alkyl halides is 2. The second-order valence-corrected chi connectivity index (χ2v) is 7.01. The number of hydrogen-bond donors (Lipinski definition) is 0. The van der Waals surface area contributed by atoms with Gasteiger partial charge in [0.2, 0.25) is 5.92 Å². The third-order valence-electron chi connectivity index (χ3n) is 4.83. The van der Waals surface area contributed by atoms with E-state index in [0.29, 0.717) is 32.1 Å². The summed E-state index contributed by atoms with van der Waals surface area (Å²) in [6, 6.07) is 5.79. The molecule has 1 aromatic carbocycles. The van der Waals surface area contributed by atoms with Gasteiger partial charge in [0.25, 0.3) is 0 Å². The van der Waals surface area contributed by atoms with E-state index in [1.54, 1.807) is 4.90 Å². The Labute approximate surface area is 147 Å². The minimum Gasteiger partial charge on any atom is -0.493 e. The van der Waals surface area contributed by atoms with Gasteiger partial charge in [0.15, 0.2) is 0 Å². The summed E-state index contributed by atoms with van der Waals surface area (Å²) < 4.78 is 36.7. The minimum absolute atomic E-state index is 0.0731. The standard InChI is InChI=1S/C19H25F2NO3/c1-2-3-8-24-18(23)22-7-6-15-4-5-17(9-16(15)12-22)25-13-14-10-19(20,21)11-14/h4-5,9,14H,2-3,6-8,10-13H2,1H3. The van der Waals surface area contributed by atoms with Gasteiger partial charge in [-0.05, 0) is 36.1 Å². The quantitative estimate of drug-likeness (QED) is 0.711. The molecule has 138 valence electrons. The summed E-state index contributed by atoms with van der Waals surface area (Å²) >= 11 is 0. The van der Waals surface area contributed by atoms with Gasteiger partial charge in [-0.3, -0.25) is 0 Å². The number of amides is 1. The largest absolute Gasteiger partial charge is 0.493 e. The molecule has 0 atom stereocenters. The van der Waals surface area contributed by atoms with Crippen LogP contribution in [-0.4, -0.2) is 36.7 Å². The Morgan fingerprint density at radius 1 is 1.32 bits per heavy atom. The summed E-state index contributed by atoms with van der Waals surface area (Å²) in [7, 11) is 0. The Morgan fingerprint density at radius 2 is 2.12 bits per heavy atom. The van der Waals surface area contributed by atoms with Gasteiger partial charge in [-0.1, -0.05) is 19.4 Å². The van der Waals surface area contributed by atoms with Crippen LogP contribution in [0.25, 0.3) is 0 Å². The minimum atomic E-state index is -2.51. The highest BCUT2D eigenvalue weighted by Gasteiger charge is 2.45. The zero-order chi connectivity index (χ0) is 17.9. The van der Waals surface area contributed by atoms with Crippen molar-refractivity contribution in [3.63, 3.8) is 0 Å². The Hall–Kier alpha value is -1.85. The molecule has 0 bridgehead atoms. The van der Waals surface area contributed by atoms with E-state index in [4.69, 9.17) is 9.47 Å². The van der Waals surface area contributed by atoms with Crippen molar-refractivity contribution in [3.05, 3.63) is 29.3 Å². The normalized spacial score (nSPS) is 19.1. The molecule has 1 amide bonds. The molecule has 6 heteroatoms. The van der Waals surface area contributed by atoms with E-state index in [1.165, 1.54) is 5.56 Å². The fraction of sp³-hybridized carbons (Fsp3) is 0.632. The van der Waals surface area contributed by atoms with Gasteiger partial charge in [-0.25, -0.2) is 13.6 Å². The van der Waals surface area contributed by atoms with Crippen molar-refractivity contribution < 1.29 is 23.0 Å². The van der Waals surface area contributed by atoms with Crippen LogP contribution < -0.4 is 4.74 Å². The van der Waals surface area contributed by atoms with Gasteiger partial charge in [0, 0.05) is 31.8 Å². The monoisotopic (exact) mass is 353 g/mol. The molecule has 3 rings (SSSR count). The lowest BCUT2D eigenvalue weighted by Gasteiger charge is -2.34. The first kappa shape index (κ1) is 18.0. The number of hydrogen-bond acceptors (Lipinski definition) is 3. The Balaban J connectivity index is 1.53. The fourth-order valence-corrected chi connectivity index (χ4v) is 3.29. The molecule has 1 heterocycles. The molecule has 0 saturated heterocycles. The van der Waals surface area contributed by atoms with E-state index in [2.05, 4.69) is 6.92 Å². The predicted octanol–water partition coefficient (Wildman–Crippen LogP) is 4.41. The molecule has 1 aliphatic carbocycles. The van der Waals surface area contributed by atoms with Gasteiger partial charge in [-0.2, -0.15) is 0 Å². The van der Waals surface area contributed by atoms with Gasteiger partial charge < -0.3 is 14.4 Å². The second-order valence-electron chi connectivity index (χ2n) is 7.01. The van der Waals surface area contributed by atoms with E-state index in [0.717, 1.165) is 24.8 Å². The summed E-state index contributed by atoms with van der Waals surface area (Å²) in [5, 5.41) is 0. The molecular weight excluding hydrogens is 328 g/mol. The molecular formula is C19H25F2NO3. The van der Waals surface area contributed by atoms with Gasteiger partial charge in [0.05, 0.1) is 13.2 Å². The van der Waals surface area contributed by atoms with Crippen LogP contribution >= 0.6 is 0 Å². The SMILES string of the molecule is CCCCOC(=O)N1CCc2ccc(OCC3CC(F)(F)C3)cc2C1. The summed E-state index contributed by atoms with van der Waals surface area (Å²) in [5.74, 6) is -1.91. The van der Waals surface area contributed by atoms with E-state index < -0.39 is 5.92 Å². The molecule has 4 nitrogen and oxygen atoms in total. The van der Waals surface area contributed by atoms with Crippen LogP contribution in [0.1, 0.15) is 43.7 Å². The predicted molar refractivity (Wildman–Crippen MR) is 90.0 cm³/mol. The molecule has 0 unspecified atom stereocenters. The highest BCUT2D eigenvalue weighted by Crippen LogP contribution is 2.42. The molecule has 1 aromatic rings. The number of carbonyl (C=O) groups is 1. The van der Waals surface area contributed by atoms with Crippen LogP contribution in [0.3, 0.4) is 0 Å². The number of unbranched alkanes of at least 4 members (excludes halogenated alkanes) is 1. The molecule has 1 saturated carbocycles. The number of nitrogens with zero attached hydrogens (tertiary/aromatic N) is 1. The second kappa shape index (κ2) is 7.58. The number of fused-ring (bicyclic) bond motifs is 1. The lowest BCUT2D eigenvalue weighted by Crippen LogP contribution is -2.38. The average molecular weight is 353 g/mol. The first-order chi connectivity index (χ1) is 12.0. The lowest BCUT2D eigenvalue weighted by molar-refractivity contribution is -0.119. The molecule has 0 N–H and O–H groups in total. The number of carbonyl (C=O) groups excluding carboxylic acids is 1. The Kier molecular flexibility index (Phi) is 5.45. The van der Waals surface area contributed by atoms with E-state index in [1.807, 2.05) is 18.2 Å². The van der Waals surface area contributed by atoms with Crippen molar-refractivity contribution in [1.29, 1.82) is 0 Å². The van der Waals surface area contributed by atoms with E-state index >= 15 is 0 Å². The topological polar surface area (TPSA) is 38.8 Å². The third-order valence-corrected chi connectivity index (χ3v) is 4.83. The Morgan fingerprint density at radius 3 is 2.84 bits per heavy atom. The highest BCUT2D eigenvalue weighted by molar-refractivity contribution is 5.68. The smallest absolute Gasteiger partial charge is 0.410 e. The van der Waals surface area contributed by atoms with Crippen LogP contribution in [0.4, 0.5) is 13.6 Å². The zero-order valence-corrected chi connectivity index (χ0v) is 14.6. The summed E-state index contributed by atoms with van der Waals surface area (Å²) in [6.07, 6.45) is 2.19. The average Bonchev–Trinajstić information content (AvgIpc) is 2.57. The van der Waals surface area contributed by atoms with Crippen LogP contribution in [0.2, 0.25) is 0 Å². The van der Waals surface area contributed by atoms with Gasteiger partial charge in [-0.15, -0.1) is 0 Å². The van der Waals surface area contributed by atoms with E-state index in [9.17, 15) is 13.6 Å². The first-order valence-electron chi connectivity index (χ1n) is 9.01.